The summed E-state index contributed by atoms with van der Waals surface area (Å²) in [7, 11) is 5.65. The Morgan fingerprint density at radius 3 is 2.71 bits per heavy atom. The highest BCUT2D eigenvalue weighted by molar-refractivity contribution is 5.92. The molecule has 0 radical (unpaired) electrons. The monoisotopic (exact) mass is 470 g/mol. The summed E-state index contributed by atoms with van der Waals surface area (Å²) in [5.74, 6) is 0.785. The molecule has 5 rings (SSSR count). The van der Waals surface area contributed by atoms with E-state index in [0.29, 0.717) is 13.1 Å². The Morgan fingerprint density at radius 2 is 1.94 bits per heavy atom. The highest BCUT2D eigenvalue weighted by Crippen LogP contribution is 2.33. The van der Waals surface area contributed by atoms with Crippen LogP contribution in [0.3, 0.4) is 0 Å². The molecule has 0 unspecified atom stereocenters. The van der Waals surface area contributed by atoms with Gasteiger partial charge in [-0.1, -0.05) is 12.1 Å². The summed E-state index contributed by atoms with van der Waals surface area (Å²) >= 11 is 0. The number of ether oxygens (including phenoxy) is 1. The number of rotatable bonds is 5. The second-order valence-electron chi connectivity index (χ2n) is 9.01. The van der Waals surface area contributed by atoms with Crippen molar-refractivity contribution in [3.8, 4) is 17.0 Å². The molecule has 1 N–H and O–H groups in total. The fourth-order valence-electron chi connectivity index (χ4n) is 4.60. The van der Waals surface area contributed by atoms with Gasteiger partial charge in [0.05, 0.1) is 13.2 Å². The number of methoxy groups -OCH3 is 1. The summed E-state index contributed by atoms with van der Waals surface area (Å²) < 4.78 is 7.41. The maximum Gasteiger partial charge on any atom is 0.321 e. The fraction of sp³-hybridized carbons (Fsp3) is 0.296. The SMILES string of the molecule is COc1cccc(-c2nn([C@@H]3CCCN(C(=O)Nc4ccc(N(C)C)cc4)C3)c3ncccc23)c1. The van der Waals surface area contributed by atoms with E-state index >= 15 is 0 Å². The number of aromatic nitrogens is 3. The predicted octanol–water partition coefficient (Wildman–Crippen LogP) is 5.04. The van der Waals surface area contributed by atoms with Gasteiger partial charge in [-0.15, -0.1) is 0 Å². The van der Waals surface area contributed by atoms with E-state index in [4.69, 9.17) is 9.84 Å². The van der Waals surface area contributed by atoms with Gasteiger partial charge in [0, 0.05) is 55.7 Å². The minimum absolute atomic E-state index is 0.0439. The number of pyridine rings is 1. The van der Waals surface area contributed by atoms with Gasteiger partial charge in [0.1, 0.15) is 11.4 Å². The van der Waals surface area contributed by atoms with Gasteiger partial charge in [0.2, 0.25) is 0 Å². The van der Waals surface area contributed by atoms with Crippen LogP contribution in [0.25, 0.3) is 22.3 Å². The largest absolute Gasteiger partial charge is 0.497 e. The summed E-state index contributed by atoms with van der Waals surface area (Å²) in [5, 5.41) is 9.03. The molecular formula is C27H30N6O2. The van der Waals surface area contributed by atoms with Gasteiger partial charge in [0.25, 0.3) is 0 Å². The highest BCUT2D eigenvalue weighted by Gasteiger charge is 2.28. The molecule has 0 aliphatic carbocycles. The zero-order valence-corrected chi connectivity index (χ0v) is 20.3. The van der Waals surface area contributed by atoms with Crippen LogP contribution >= 0.6 is 0 Å². The van der Waals surface area contributed by atoms with Crippen LogP contribution in [0.5, 0.6) is 5.75 Å². The zero-order valence-electron chi connectivity index (χ0n) is 20.3. The fourth-order valence-corrected chi connectivity index (χ4v) is 4.60. The number of amides is 2. The Morgan fingerprint density at radius 1 is 1.11 bits per heavy atom. The van der Waals surface area contributed by atoms with Crippen LogP contribution < -0.4 is 15.0 Å². The number of nitrogens with one attached hydrogen (secondary N) is 1. The van der Waals surface area contributed by atoms with Crippen molar-refractivity contribution in [3.63, 3.8) is 0 Å². The lowest BCUT2D eigenvalue weighted by molar-refractivity contribution is 0.176. The standard InChI is InChI=1S/C27H30N6O2/c1-31(2)21-13-11-20(12-14-21)29-27(34)32-16-6-8-22(18-32)33-26-24(10-5-15-28-26)25(30-33)19-7-4-9-23(17-19)35-3/h4-5,7,9-15,17,22H,6,8,16,18H2,1-3H3,(H,29,34)/t22-/m1/s1. The van der Waals surface area contributed by atoms with Crippen LogP contribution in [0.2, 0.25) is 0 Å². The van der Waals surface area contributed by atoms with E-state index in [1.54, 1.807) is 13.3 Å². The lowest BCUT2D eigenvalue weighted by Gasteiger charge is -2.33. The first kappa shape index (κ1) is 22.7. The Kier molecular flexibility index (Phi) is 6.27. The topological polar surface area (TPSA) is 75.5 Å². The molecule has 3 heterocycles. The molecular weight excluding hydrogens is 440 g/mol. The predicted molar refractivity (Wildman–Crippen MR) is 139 cm³/mol. The number of hydrogen-bond acceptors (Lipinski definition) is 5. The summed E-state index contributed by atoms with van der Waals surface area (Å²) in [6.07, 6.45) is 3.63. The first-order chi connectivity index (χ1) is 17.0. The number of hydrogen-bond donors (Lipinski definition) is 1. The van der Waals surface area contributed by atoms with Gasteiger partial charge in [-0.2, -0.15) is 5.10 Å². The number of likely N-dealkylation sites (tertiary alicyclic amines) is 1. The molecule has 2 aromatic carbocycles. The molecule has 1 atom stereocenters. The number of carbonyl (C=O) groups excluding carboxylic acids is 1. The molecule has 1 aliphatic heterocycles. The number of benzene rings is 2. The van der Waals surface area contributed by atoms with Crippen molar-refractivity contribution in [3.05, 3.63) is 66.9 Å². The third-order valence-electron chi connectivity index (χ3n) is 6.47. The summed E-state index contributed by atoms with van der Waals surface area (Å²) in [5.41, 5.74) is 4.55. The number of anilines is 2. The van der Waals surface area contributed by atoms with Crippen LogP contribution in [0, 0.1) is 0 Å². The molecule has 2 amide bonds. The van der Waals surface area contributed by atoms with Gasteiger partial charge < -0.3 is 19.9 Å². The van der Waals surface area contributed by atoms with E-state index in [-0.39, 0.29) is 12.1 Å². The lowest BCUT2D eigenvalue weighted by atomic mass is 10.1. The summed E-state index contributed by atoms with van der Waals surface area (Å²) in [4.78, 5) is 21.6. The number of urea groups is 1. The van der Waals surface area contributed by atoms with E-state index in [9.17, 15) is 4.79 Å². The lowest BCUT2D eigenvalue weighted by Crippen LogP contribution is -2.43. The minimum Gasteiger partial charge on any atom is -0.497 e. The van der Waals surface area contributed by atoms with Crippen LogP contribution in [0.4, 0.5) is 16.2 Å². The summed E-state index contributed by atoms with van der Waals surface area (Å²) in [6, 6.07) is 19.7. The van der Waals surface area contributed by atoms with Gasteiger partial charge >= 0.3 is 6.03 Å². The Hall–Kier alpha value is -4.07. The van der Waals surface area contributed by atoms with E-state index in [1.165, 1.54) is 0 Å². The van der Waals surface area contributed by atoms with Gasteiger partial charge in [-0.3, -0.25) is 0 Å². The molecule has 180 valence electrons. The number of nitrogens with zero attached hydrogens (tertiary/aromatic N) is 5. The third kappa shape index (κ3) is 4.64. The van der Waals surface area contributed by atoms with Crippen LogP contribution in [-0.4, -0.2) is 60.0 Å². The first-order valence-electron chi connectivity index (χ1n) is 11.8. The number of piperidine rings is 1. The van der Waals surface area contributed by atoms with Crippen molar-refractivity contribution in [2.24, 2.45) is 0 Å². The molecule has 4 aromatic rings. The molecule has 1 aliphatic rings. The van der Waals surface area contributed by atoms with Gasteiger partial charge in [-0.25, -0.2) is 14.5 Å². The molecule has 2 aromatic heterocycles. The molecule has 8 nitrogen and oxygen atoms in total. The Bertz CT molecular complexity index is 1330. The van der Waals surface area contributed by atoms with Gasteiger partial charge in [0.15, 0.2) is 5.65 Å². The van der Waals surface area contributed by atoms with Crippen molar-refractivity contribution in [2.45, 2.75) is 18.9 Å². The van der Waals surface area contributed by atoms with Crippen molar-refractivity contribution in [2.75, 3.05) is 44.5 Å². The average molecular weight is 471 g/mol. The average Bonchev–Trinajstić information content (AvgIpc) is 3.29. The maximum atomic E-state index is 13.1. The highest BCUT2D eigenvalue weighted by atomic mass is 16.5. The normalized spacial score (nSPS) is 15.7. The van der Waals surface area contributed by atoms with Crippen molar-refractivity contribution in [1.29, 1.82) is 0 Å². The molecule has 1 fully saturated rings. The minimum atomic E-state index is -0.0928. The smallest absolute Gasteiger partial charge is 0.321 e. The van der Waals surface area contributed by atoms with Gasteiger partial charge in [-0.05, 0) is 61.4 Å². The van der Waals surface area contributed by atoms with Crippen LogP contribution in [0.15, 0.2) is 66.9 Å². The van der Waals surface area contributed by atoms with Crippen molar-refractivity contribution < 1.29 is 9.53 Å². The molecule has 1 saturated heterocycles. The van der Waals surface area contributed by atoms with Crippen molar-refractivity contribution in [1.82, 2.24) is 19.7 Å². The summed E-state index contributed by atoms with van der Waals surface area (Å²) in [6.45, 7) is 1.29. The molecule has 0 bridgehead atoms. The van der Waals surface area contributed by atoms with Crippen molar-refractivity contribution >= 4 is 28.4 Å². The van der Waals surface area contributed by atoms with Crippen LogP contribution in [0.1, 0.15) is 18.9 Å². The maximum absolute atomic E-state index is 13.1. The molecule has 8 heteroatoms. The number of carbonyl (C=O) groups is 1. The Labute approximate surface area is 205 Å². The zero-order chi connectivity index (χ0) is 24.4. The molecule has 0 spiro atoms. The quantitative estimate of drug-likeness (QED) is 0.442. The first-order valence-corrected chi connectivity index (χ1v) is 11.8. The van der Waals surface area contributed by atoms with E-state index < -0.39 is 0 Å². The van der Waals surface area contributed by atoms with E-state index in [1.807, 2.05) is 89.2 Å². The number of fused-ring (bicyclic) bond motifs is 1. The molecule has 0 saturated carbocycles. The second-order valence-corrected chi connectivity index (χ2v) is 9.01. The van der Waals surface area contributed by atoms with E-state index in [0.717, 1.165) is 52.3 Å². The molecule has 35 heavy (non-hydrogen) atoms. The Balaban J connectivity index is 1.39. The van der Waals surface area contributed by atoms with Crippen LogP contribution in [-0.2, 0) is 0 Å². The second kappa shape index (κ2) is 9.66. The van der Waals surface area contributed by atoms with E-state index in [2.05, 4.69) is 10.3 Å². The third-order valence-corrected chi connectivity index (χ3v) is 6.47.